The van der Waals surface area contributed by atoms with Gasteiger partial charge >= 0.3 is 5.97 Å². The number of hydrogen-bond donors (Lipinski definition) is 2. The maximum absolute atomic E-state index is 11.3. The Labute approximate surface area is 124 Å². The van der Waals surface area contributed by atoms with Gasteiger partial charge in [-0.25, -0.2) is 9.78 Å². The van der Waals surface area contributed by atoms with Crippen LogP contribution in [0, 0.1) is 0 Å². The molecule has 2 aromatic rings. The second kappa shape index (κ2) is 5.56. The van der Waals surface area contributed by atoms with Crippen molar-refractivity contribution in [2.75, 3.05) is 12.8 Å². The van der Waals surface area contributed by atoms with Crippen molar-refractivity contribution in [3.05, 3.63) is 40.1 Å². The van der Waals surface area contributed by atoms with Crippen LogP contribution in [0.2, 0.25) is 10.0 Å². The van der Waals surface area contributed by atoms with Gasteiger partial charge in [0.15, 0.2) is 11.4 Å². The van der Waals surface area contributed by atoms with Crippen molar-refractivity contribution in [3.8, 4) is 16.9 Å². The van der Waals surface area contributed by atoms with Gasteiger partial charge < -0.3 is 15.6 Å². The van der Waals surface area contributed by atoms with Crippen LogP contribution in [0.3, 0.4) is 0 Å². The van der Waals surface area contributed by atoms with Crippen LogP contribution in [0.1, 0.15) is 10.5 Å². The van der Waals surface area contributed by atoms with Gasteiger partial charge in [-0.2, -0.15) is 0 Å². The lowest BCUT2D eigenvalue weighted by atomic mass is 10.0. The first kappa shape index (κ1) is 14.4. The van der Waals surface area contributed by atoms with E-state index in [9.17, 15) is 9.90 Å². The molecule has 1 aromatic heterocycles. The maximum Gasteiger partial charge on any atom is 0.355 e. The molecule has 0 aliphatic rings. The Hall–Kier alpha value is -1.98. The predicted molar refractivity (Wildman–Crippen MR) is 77.6 cm³/mol. The van der Waals surface area contributed by atoms with Crippen molar-refractivity contribution in [2.24, 2.45) is 0 Å². The summed E-state index contributed by atoms with van der Waals surface area (Å²) in [6.07, 6.45) is 1.32. The highest BCUT2D eigenvalue weighted by molar-refractivity contribution is 6.39. The molecule has 3 N–H and O–H groups in total. The number of aromatic nitrogens is 1. The van der Waals surface area contributed by atoms with E-state index in [4.69, 9.17) is 33.7 Å². The summed E-state index contributed by atoms with van der Waals surface area (Å²) in [6.45, 7) is 0. The summed E-state index contributed by atoms with van der Waals surface area (Å²) in [7, 11) is 1.42. The van der Waals surface area contributed by atoms with Crippen molar-refractivity contribution in [3.63, 3.8) is 0 Å². The number of rotatable bonds is 3. The number of halogens is 2. The first-order valence-electron chi connectivity index (χ1n) is 5.47. The molecule has 0 aliphatic carbocycles. The smallest absolute Gasteiger partial charge is 0.355 e. The molecule has 0 bridgehead atoms. The molecule has 0 saturated heterocycles. The van der Waals surface area contributed by atoms with Crippen LogP contribution < -0.4 is 10.5 Å². The van der Waals surface area contributed by atoms with E-state index in [0.29, 0.717) is 10.6 Å². The van der Waals surface area contributed by atoms with Gasteiger partial charge in [0.25, 0.3) is 0 Å². The van der Waals surface area contributed by atoms with E-state index in [1.54, 1.807) is 12.1 Å². The summed E-state index contributed by atoms with van der Waals surface area (Å²) >= 11 is 12.2. The number of carbonyl (C=O) groups is 1. The summed E-state index contributed by atoms with van der Waals surface area (Å²) in [5, 5.41) is 9.71. The van der Waals surface area contributed by atoms with Gasteiger partial charge in [0.05, 0.1) is 17.2 Å². The number of benzene rings is 1. The lowest BCUT2D eigenvalue weighted by Gasteiger charge is -2.13. The van der Waals surface area contributed by atoms with Crippen LogP contribution in [0.25, 0.3) is 11.1 Å². The van der Waals surface area contributed by atoms with Crippen molar-refractivity contribution in [2.45, 2.75) is 0 Å². The van der Waals surface area contributed by atoms with Crippen LogP contribution in [0.15, 0.2) is 24.4 Å². The molecule has 20 heavy (non-hydrogen) atoms. The lowest BCUT2D eigenvalue weighted by molar-refractivity contribution is 0.0691. The number of ether oxygens (including phenoxy) is 1. The quantitative estimate of drug-likeness (QED) is 0.907. The molecule has 0 saturated carbocycles. The number of nitrogen functional groups attached to an aromatic ring is 1. The maximum atomic E-state index is 11.3. The Morgan fingerprint density at radius 2 is 2.05 bits per heavy atom. The third kappa shape index (κ3) is 2.37. The molecule has 7 heteroatoms. The second-order valence-electron chi connectivity index (χ2n) is 3.87. The minimum atomic E-state index is -1.20. The molecular weight excluding hydrogens is 303 g/mol. The molecule has 2 rings (SSSR count). The molecule has 0 unspecified atom stereocenters. The predicted octanol–water partition coefficient (Wildman–Crippen LogP) is 3.34. The van der Waals surface area contributed by atoms with Gasteiger partial charge in [0, 0.05) is 23.0 Å². The number of methoxy groups -OCH3 is 1. The Balaban J connectivity index is 2.79. The standard InChI is InChI=1S/C13H10Cl2N2O3/c1-20-12-7(14)3-2-6(10(12)15)9-8(16)4-5-17-11(9)13(18)19/h2-5H,1H3,(H2,16,17)(H,18,19). The molecule has 5 nitrogen and oxygen atoms in total. The zero-order chi connectivity index (χ0) is 14.9. The average molecular weight is 313 g/mol. The fraction of sp³-hybridized carbons (Fsp3) is 0.0769. The Morgan fingerprint density at radius 3 is 2.65 bits per heavy atom. The Kier molecular flexibility index (Phi) is 4.01. The Morgan fingerprint density at radius 1 is 1.35 bits per heavy atom. The highest BCUT2D eigenvalue weighted by atomic mass is 35.5. The number of pyridine rings is 1. The first-order valence-corrected chi connectivity index (χ1v) is 6.23. The van der Waals surface area contributed by atoms with Crippen LogP contribution >= 0.6 is 23.2 Å². The monoisotopic (exact) mass is 312 g/mol. The SMILES string of the molecule is COc1c(Cl)ccc(-c2c(N)ccnc2C(=O)O)c1Cl. The molecule has 1 aromatic carbocycles. The van der Waals surface area contributed by atoms with Gasteiger partial charge in [-0.3, -0.25) is 0 Å². The van der Waals surface area contributed by atoms with Gasteiger partial charge in [-0.1, -0.05) is 29.3 Å². The van der Waals surface area contributed by atoms with Crippen LogP contribution in [-0.4, -0.2) is 23.2 Å². The van der Waals surface area contributed by atoms with E-state index in [2.05, 4.69) is 4.98 Å². The normalized spacial score (nSPS) is 10.3. The summed E-state index contributed by atoms with van der Waals surface area (Å²) in [5.41, 5.74) is 6.56. The number of nitrogens with two attached hydrogens (primary N) is 1. The minimum Gasteiger partial charge on any atom is -0.494 e. The largest absolute Gasteiger partial charge is 0.494 e. The topological polar surface area (TPSA) is 85.4 Å². The fourth-order valence-electron chi connectivity index (χ4n) is 1.83. The third-order valence-corrected chi connectivity index (χ3v) is 3.38. The molecule has 104 valence electrons. The number of carboxylic acids is 1. The summed E-state index contributed by atoms with van der Waals surface area (Å²) in [6, 6.07) is 4.63. The van der Waals surface area contributed by atoms with Crippen LogP contribution in [0.4, 0.5) is 5.69 Å². The number of anilines is 1. The lowest BCUT2D eigenvalue weighted by Crippen LogP contribution is -2.06. The van der Waals surface area contributed by atoms with Crippen LogP contribution in [-0.2, 0) is 0 Å². The molecule has 0 spiro atoms. The van der Waals surface area contributed by atoms with Gasteiger partial charge in [0.2, 0.25) is 0 Å². The van der Waals surface area contributed by atoms with Crippen LogP contribution in [0.5, 0.6) is 5.75 Å². The van der Waals surface area contributed by atoms with E-state index in [1.165, 1.54) is 19.4 Å². The zero-order valence-corrected chi connectivity index (χ0v) is 11.9. The highest BCUT2D eigenvalue weighted by Gasteiger charge is 2.21. The fourth-order valence-corrected chi connectivity index (χ4v) is 2.45. The van der Waals surface area contributed by atoms with Gasteiger partial charge in [-0.15, -0.1) is 0 Å². The number of carboxylic acid groups (broad SMARTS) is 1. The first-order chi connectivity index (χ1) is 9.47. The number of aromatic carboxylic acids is 1. The molecule has 0 atom stereocenters. The number of hydrogen-bond acceptors (Lipinski definition) is 4. The zero-order valence-electron chi connectivity index (χ0n) is 10.4. The van der Waals surface area contributed by atoms with E-state index in [-0.39, 0.29) is 27.7 Å². The molecule has 0 fully saturated rings. The van der Waals surface area contributed by atoms with Gasteiger partial charge in [0.1, 0.15) is 0 Å². The molecule has 0 amide bonds. The van der Waals surface area contributed by atoms with E-state index in [0.717, 1.165) is 0 Å². The average Bonchev–Trinajstić information content (AvgIpc) is 2.40. The Bertz CT molecular complexity index is 690. The van der Waals surface area contributed by atoms with E-state index in [1.807, 2.05) is 0 Å². The molecule has 0 aliphatic heterocycles. The molecule has 0 radical (unpaired) electrons. The van der Waals surface area contributed by atoms with Crippen molar-refractivity contribution >= 4 is 34.9 Å². The summed E-state index contributed by atoms with van der Waals surface area (Å²) < 4.78 is 5.11. The van der Waals surface area contributed by atoms with Crippen molar-refractivity contribution < 1.29 is 14.6 Å². The van der Waals surface area contributed by atoms with Crippen molar-refractivity contribution in [1.29, 1.82) is 0 Å². The minimum absolute atomic E-state index is 0.183. The summed E-state index contributed by atoms with van der Waals surface area (Å²) in [5.74, 6) is -0.942. The van der Waals surface area contributed by atoms with E-state index < -0.39 is 5.97 Å². The van der Waals surface area contributed by atoms with E-state index >= 15 is 0 Å². The van der Waals surface area contributed by atoms with Crippen molar-refractivity contribution in [1.82, 2.24) is 4.98 Å². The second-order valence-corrected chi connectivity index (χ2v) is 4.66. The number of nitrogens with zero attached hydrogens (tertiary/aromatic N) is 1. The summed E-state index contributed by atoms with van der Waals surface area (Å²) in [4.78, 5) is 15.1. The molecule has 1 heterocycles. The molecular formula is C13H10Cl2N2O3. The van der Waals surface area contributed by atoms with Gasteiger partial charge in [-0.05, 0) is 12.1 Å². The highest BCUT2D eigenvalue weighted by Crippen LogP contribution is 2.42. The third-order valence-electron chi connectivity index (χ3n) is 2.71.